The van der Waals surface area contributed by atoms with Crippen molar-refractivity contribution < 1.29 is 67.8 Å². The lowest BCUT2D eigenvalue weighted by molar-refractivity contribution is -0.293. The number of aliphatic hydroxyl groups is 3. The van der Waals surface area contributed by atoms with Crippen LogP contribution in [0, 0.1) is 5.92 Å². The molecule has 1 aliphatic heterocycles. The van der Waals surface area contributed by atoms with Crippen LogP contribution in [0.15, 0.2) is 6.20 Å². The first-order chi connectivity index (χ1) is 49.9. The molecule has 600 valence electrons. The molecule has 1 saturated heterocycles. The van der Waals surface area contributed by atoms with E-state index in [1.807, 2.05) is 17.8 Å². The van der Waals surface area contributed by atoms with Gasteiger partial charge in [0.1, 0.15) is 30.7 Å². The standard InChI is InChI=1S/C62H116N4O6S.C20H36N2O8/c1-5-9-13-16-19-22-25-28-31-34-37-40-43-46-60(68)63-58(59(67)50-49-56-52-66(65-64-56)51-12-8-4)55-73-54-57(72-62(70)48-45-42-39-36-33-30-27-24-21-18-15-11-7-3)53-71-61(69)47-44-41-38-35-32-29-26-23-20-17-14-10-6-2;1-5-6-16(26)21-10-22-17(14(25)8-7-11(2)24)13(4)29-20-12(3)18(27)19(28)15(9-23)30-20/h52,57-58H,5-51,53-55H2,1-4H3,(H,63,68);12-13,15,17-20,22-23,27-28H,5-10H2,1-4H3,(H,21,26)/t57-,58-;12?,13-,15?,17+,18-,19+,20+/m01/s1. The van der Waals surface area contributed by atoms with Crippen molar-refractivity contribution in [1.29, 1.82) is 0 Å². The van der Waals surface area contributed by atoms with Gasteiger partial charge in [-0.05, 0) is 46.0 Å². The molecular formula is C82H152N6O14S. The minimum absolute atomic E-state index is 0.00761. The van der Waals surface area contributed by atoms with Crippen molar-refractivity contribution >= 4 is 52.9 Å². The lowest BCUT2D eigenvalue weighted by Gasteiger charge is -2.42. The molecule has 0 radical (unpaired) electrons. The van der Waals surface area contributed by atoms with Gasteiger partial charge in [-0.1, -0.05) is 284 Å². The van der Waals surface area contributed by atoms with Crippen LogP contribution in [0.4, 0.5) is 0 Å². The van der Waals surface area contributed by atoms with Crippen LogP contribution in [-0.4, -0.2) is 152 Å². The van der Waals surface area contributed by atoms with Gasteiger partial charge in [-0.3, -0.25) is 38.8 Å². The molecule has 1 aromatic rings. The number of aliphatic hydroxyl groups excluding tert-OH is 3. The summed E-state index contributed by atoms with van der Waals surface area (Å²) < 4.78 is 25.0. The zero-order valence-corrected chi connectivity index (χ0v) is 67.3. The lowest BCUT2D eigenvalue weighted by atomic mass is 9.92. The van der Waals surface area contributed by atoms with Gasteiger partial charge in [0.25, 0.3) is 0 Å². The van der Waals surface area contributed by atoms with Gasteiger partial charge in [-0.25, -0.2) is 0 Å². The zero-order valence-electron chi connectivity index (χ0n) is 66.5. The summed E-state index contributed by atoms with van der Waals surface area (Å²) in [6.07, 6.45) is 49.6. The highest BCUT2D eigenvalue weighted by atomic mass is 32.2. The van der Waals surface area contributed by atoms with Gasteiger partial charge in [0, 0.05) is 81.5 Å². The second-order valence-corrected chi connectivity index (χ2v) is 30.6. The van der Waals surface area contributed by atoms with E-state index in [9.17, 15) is 48.9 Å². The van der Waals surface area contributed by atoms with Gasteiger partial charge in [-0.2, -0.15) is 11.8 Å². The highest BCUT2D eigenvalue weighted by molar-refractivity contribution is 7.99. The normalized spacial score (nSPS) is 17.0. The molecule has 1 aromatic heterocycles. The summed E-state index contributed by atoms with van der Waals surface area (Å²) in [6, 6.07) is -1.52. The Morgan fingerprint density at radius 1 is 0.544 bits per heavy atom. The van der Waals surface area contributed by atoms with E-state index in [2.05, 4.69) is 54.0 Å². The topological polar surface area (TPSA) is 284 Å². The Labute approximate surface area is 629 Å². The minimum Gasteiger partial charge on any atom is -0.462 e. The number of nitrogens with zero attached hydrogens (tertiary/aromatic N) is 3. The third-order valence-corrected chi connectivity index (χ3v) is 20.8. The van der Waals surface area contributed by atoms with E-state index >= 15 is 0 Å². The fourth-order valence-corrected chi connectivity index (χ4v) is 13.9. The van der Waals surface area contributed by atoms with E-state index in [4.69, 9.17) is 18.9 Å². The number of nitrogens with one attached hydrogen (secondary N) is 3. The molecule has 2 unspecified atom stereocenters. The van der Waals surface area contributed by atoms with Gasteiger partial charge in [0.15, 0.2) is 17.9 Å². The number of carbonyl (C=O) groups is 7. The molecule has 0 saturated carbocycles. The van der Waals surface area contributed by atoms with Crippen LogP contribution >= 0.6 is 11.8 Å². The highest BCUT2D eigenvalue weighted by Gasteiger charge is 2.44. The number of amides is 2. The van der Waals surface area contributed by atoms with E-state index < -0.39 is 61.4 Å². The minimum atomic E-state index is -1.25. The predicted octanol–water partition coefficient (Wildman–Crippen LogP) is 16.9. The molecule has 103 heavy (non-hydrogen) atoms. The molecule has 21 heteroatoms. The van der Waals surface area contributed by atoms with Crippen LogP contribution in [0.5, 0.6) is 0 Å². The second kappa shape index (κ2) is 67.5. The Balaban J connectivity index is 0.00000146. The Kier molecular flexibility index (Phi) is 63.7. The Morgan fingerprint density at radius 3 is 1.48 bits per heavy atom. The number of Topliss-reactive ketones (excluding diaryl/α,β-unsaturated/α-hetero) is 3. The third kappa shape index (κ3) is 53.6. The fourth-order valence-electron chi connectivity index (χ4n) is 12.8. The molecule has 0 bridgehead atoms. The molecule has 0 aliphatic carbocycles. The molecule has 2 rings (SSSR count). The molecule has 20 nitrogen and oxygen atoms in total. The maximum atomic E-state index is 13.8. The summed E-state index contributed by atoms with van der Waals surface area (Å²) in [6.45, 7) is 15.8. The first kappa shape index (κ1) is 97.2. The number of aryl methyl sites for hydroxylation is 2. The first-order valence-corrected chi connectivity index (χ1v) is 43.0. The number of ketones is 3. The number of esters is 2. The second-order valence-electron chi connectivity index (χ2n) is 29.5. The largest absolute Gasteiger partial charge is 0.462 e. The van der Waals surface area contributed by atoms with Crippen molar-refractivity contribution in [3.05, 3.63) is 11.9 Å². The maximum absolute atomic E-state index is 13.8. The van der Waals surface area contributed by atoms with Crippen LogP contribution in [0.2, 0.25) is 0 Å². The summed E-state index contributed by atoms with van der Waals surface area (Å²) in [4.78, 5) is 88.9. The van der Waals surface area contributed by atoms with Crippen LogP contribution in [0.25, 0.3) is 0 Å². The van der Waals surface area contributed by atoms with E-state index in [-0.39, 0.29) is 73.6 Å². The van der Waals surface area contributed by atoms with E-state index in [0.717, 1.165) is 82.9 Å². The molecule has 1 aliphatic rings. The van der Waals surface area contributed by atoms with Crippen LogP contribution in [0.3, 0.4) is 0 Å². The number of ether oxygens (including phenoxy) is 4. The van der Waals surface area contributed by atoms with Crippen molar-refractivity contribution in [1.82, 2.24) is 30.9 Å². The molecule has 2 heterocycles. The van der Waals surface area contributed by atoms with Crippen LogP contribution < -0.4 is 16.0 Å². The first-order valence-electron chi connectivity index (χ1n) is 41.9. The average Bonchev–Trinajstić information content (AvgIpc) is 0.889. The van der Waals surface area contributed by atoms with Crippen LogP contribution in [-0.2, 0) is 65.5 Å². The van der Waals surface area contributed by atoms with E-state index in [1.54, 1.807) is 13.8 Å². The Hall–Kier alpha value is -3.86. The van der Waals surface area contributed by atoms with E-state index in [1.165, 1.54) is 211 Å². The highest BCUT2D eigenvalue weighted by Crippen LogP contribution is 2.29. The monoisotopic (exact) mass is 1480 g/mol. The number of carbonyl (C=O) groups excluding carboxylic acids is 7. The zero-order chi connectivity index (χ0) is 75.8. The Bertz CT molecular complexity index is 2260. The Morgan fingerprint density at radius 2 is 1.01 bits per heavy atom. The number of hydrogen-bond donors (Lipinski definition) is 6. The summed E-state index contributed by atoms with van der Waals surface area (Å²) in [5.74, 6) is -1.11. The van der Waals surface area contributed by atoms with E-state index in [0.29, 0.717) is 50.0 Å². The summed E-state index contributed by atoms with van der Waals surface area (Å²) in [7, 11) is 0. The molecule has 6 N–H and O–H groups in total. The molecule has 9 atom stereocenters. The lowest BCUT2D eigenvalue weighted by Crippen LogP contribution is -2.57. The van der Waals surface area contributed by atoms with Crippen LogP contribution in [0.1, 0.15) is 376 Å². The van der Waals surface area contributed by atoms with Crippen molar-refractivity contribution in [3.8, 4) is 0 Å². The van der Waals surface area contributed by atoms with Gasteiger partial charge >= 0.3 is 11.9 Å². The fraction of sp³-hybridized carbons (Fsp3) is 0.890. The third-order valence-electron chi connectivity index (χ3n) is 19.6. The van der Waals surface area contributed by atoms with Crippen molar-refractivity contribution in [3.63, 3.8) is 0 Å². The van der Waals surface area contributed by atoms with Gasteiger partial charge in [-0.15, -0.1) is 5.10 Å². The SMILES string of the molecule is CCCC(=O)NCN[C@H](C(=O)CCC(C)=O)[C@@H](C)O[C@H]1OC(CO)[C@H](O)[C@H](O)C1C.CCCCCCCCCCCCCCCC(=O)N[C@@H](CSC[C@H](COC(=O)CCCCCCCCCCCCCCC)OC(=O)CCCCCCCCCCCCCCC)C(=O)CCc1cn(CCCC)nn1. The summed E-state index contributed by atoms with van der Waals surface area (Å²) >= 11 is 1.47. The van der Waals surface area contributed by atoms with Gasteiger partial charge in [0.05, 0.1) is 43.3 Å². The maximum Gasteiger partial charge on any atom is 0.306 e. The summed E-state index contributed by atoms with van der Waals surface area (Å²) in [5, 5.41) is 46.7. The average molecular weight is 1480 g/mol. The van der Waals surface area contributed by atoms with Gasteiger partial charge in [0.2, 0.25) is 11.8 Å². The van der Waals surface area contributed by atoms with Crippen molar-refractivity contribution in [2.75, 3.05) is 31.4 Å². The molecule has 0 spiro atoms. The number of thioether (sulfide) groups is 1. The number of hydrogen-bond acceptors (Lipinski definition) is 18. The molecular weight excluding hydrogens is 1320 g/mol. The van der Waals surface area contributed by atoms with Crippen molar-refractivity contribution in [2.24, 2.45) is 5.92 Å². The molecule has 0 aromatic carbocycles. The molecule has 1 fully saturated rings. The van der Waals surface area contributed by atoms with Crippen molar-refractivity contribution in [2.45, 2.75) is 432 Å². The van der Waals surface area contributed by atoms with Gasteiger partial charge < -0.3 is 49.7 Å². The number of aromatic nitrogens is 3. The smallest absolute Gasteiger partial charge is 0.306 e. The summed E-state index contributed by atoms with van der Waals surface area (Å²) in [5.41, 5.74) is 0.769. The quantitative estimate of drug-likeness (QED) is 0.0201. The number of unbranched alkanes of at least 4 members (excludes halogenated alkanes) is 37. The molecule has 2 amide bonds. The predicted molar refractivity (Wildman–Crippen MR) is 417 cm³/mol. The number of rotatable bonds is 70.